The molecule has 1 aliphatic heterocycles. The van der Waals surface area contributed by atoms with Gasteiger partial charge in [0.25, 0.3) is 11.8 Å². The van der Waals surface area contributed by atoms with Gasteiger partial charge in [-0.25, -0.2) is 9.37 Å². The molecule has 7 nitrogen and oxygen atoms in total. The molecule has 3 aromatic rings. The van der Waals surface area contributed by atoms with Crippen LogP contribution < -0.4 is 15.4 Å². The number of methoxy groups -OCH3 is 1. The number of nitrogens with one attached hydrogen (secondary N) is 2. The molecule has 0 atom stereocenters. The van der Waals surface area contributed by atoms with Crippen LogP contribution in [0, 0.1) is 5.82 Å². The van der Waals surface area contributed by atoms with Crippen LogP contribution in [0.15, 0.2) is 60.3 Å². The number of fused-ring (bicyclic) bond motifs is 1. The number of pyridine rings is 1. The number of halogens is 2. The summed E-state index contributed by atoms with van der Waals surface area (Å²) in [4.78, 5) is 42.1. The normalized spacial score (nSPS) is 14.0. The van der Waals surface area contributed by atoms with Gasteiger partial charge in [-0.05, 0) is 47.5 Å². The first-order chi connectivity index (χ1) is 15.9. The Labute approximate surface area is 193 Å². The van der Waals surface area contributed by atoms with Gasteiger partial charge in [-0.3, -0.25) is 14.4 Å². The molecule has 0 saturated heterocycles. The molecule has 1 aromatic heterocycles. The number of hydrogen-bond acceptors (Lipinski definition) is 5. The minimum absolute atomic E-state index is 0.0667. The monoisotopic (exact) mass is 465 g/mol. The number of carbonyl (C=O) groups excluding carboxylic acids is 3. The highest BCUT2D eigenvalue weighted by molar-refractivity contribution is 6.36. The molecule has 0 fully saturated rings. The molecule has 0 spiro atoms. The molecule has 2 heterocycles. The smallest absolute Gasteiger partial charge is 0.259 e. The summed E-state index contributed by atoms with van der Waals surface area (Å²) in [6, 6.07) is 11.8. The summed E-state index contributed by atoms with van der Waals surface area (Å²) in [5, 5.41) is 5.31. The van der Waals surface area contributed by atoms with Crippen molar-refractivity contribution in [1.82, 2.24) is 10.3 Å². The van der Waals surface area contributed by atoms with E-state index >= 15 is 0 Å². The molecule has 2 N–H and O–H groups in total. The van der Waals surface area contributed by atoms with Gasteiger partial charge in [0.05, 0.1) is 23.4 Å². The lowest BCUT2D eigenvalue weighted by molar-refractivity contribution is -0.112. The van der Waals surface area contributed by atoms with Gasteiger partial charge >= 0.3 is 0 Å². The molecular formula is C24H17ClFN3O4. The number of rotatable bonds is 5. The maximum Gasteiger partial charge on any atom is 0.259 e. The third-order valence-electron chi connectivity index (χ3n) is 4.98. The average molecular weight is 466 g/mol. The van der Waals surface area contributed by atoms with Gasteiger partial charge in [0, 0.05) is 29.9 Å². The zero-order valence-electron chi connectivity index (χ0n) is 17.3. The number of nitrogens with zero attached hydrogens (tertiary/aromatic N) is 1. The molecule has 0 radical (unpaired) electrons. The predicted molar refractivity (Wildman–Crippen MR) is 121 cm³/mol. The van der Waals surface area contributed by atoms with Crippen LogP contribution in [-0.2, 0) is 11.3 Å². The second-order valence-corrected chi connectivity index (χ2v) is 7.57. The molecule has 4 rings (SSSR count). The largest absolute Gasteiger partial charge is 0.481 e. The number of anilines is 1. The van der Waals surface area contributed by atoms with E-state index in [1.54, 1.807) is 18.3 Å². The van der Waals surface area contributed by atoms with E-state index < -0.39 is 23.4 Å². The van der Waals surface area contributed by atoms with Crippen LogP contribution in [0.2, 0.25) is 5.02 Å². The first-order valence-corrected chi connectivity index (χ1v) is 10.2. The lowest BCUT2D eigenvalue weighted by Gasteiger charge is -2.19. The molecule has 9 heteroatoms. The molecule has 166 valence electrons. The van der Waals surface area contributed by atoms with Crippen LogP contribution >= 0.6 is 11.6 Å². The van der Waals surface area contributed by atoms with Crippen molar-refractivity contribution < 1.29 is 23.5 Å². The first kappa shape index (κ1) is 22.2. The Kier molecular flexibility index (Phi) is 6.19. The number of amides is 2. The van der Waals surface area contributed by atoms with Gasteiger partial charge in [-0.2, -0.15) is 0 Å². The van der Waals surface area contributed by atoms with Gasteiger partial charge in [-0.15, -0.1) is 0 Å². The summed E-state index contributed by atoms with van der Waals surface area (Å²) in [5.74, 6) is -1.79. The van der Waals surface area contributed by atoms with Gasteiger partial charge in [-0.1, -0.05) is 23.7 Å². The molecule has 33 heavy (non-hydrogen) atoms. The molecule has 1 aliphatic rings. The number of ketones is 1. The standard InChI is InChI=1S/C24H17ClFN3O4/c1-33-21-7-3-14(11-27-21)12-28-23(31)15-4-6-20-16(10-15)22(30)17(24(32)29-20)8-13-2-5-18(25)19(26)9-13/h2-11H,12H2,1H3,(H,28,31)(H,29,32)/b17-8-. The molecule has 0 bridgehead atoms. The Morgan fingerprint density at radius 1 is 1.18 bits per heavy atom. The van der Waals surface area contributed by atoms with Crippen LogP contribution in [0.25, 0.3) is 6.08 Å². The zero-order valence-corrected chi connectivity index (χ0v) is 18.1. The summed E-state index contributed by atoms with van der Waals surface area (Å²) in [6.45, 7) is 0.227. The number of Topliss-reactive ketones (excluding diaryl/α,β-unsaturated/α-hetero) is 1. The van der Waals surface area contributed by atoms with E-state index in [9.17, 15) is 18.8 Å². The number of benzene rings is 2. The van der Waals surface area contributed by atoms with Gasteiger partial charge < -0.3 is 15.4 Å². The van der Waals surface area contributed by atoms with Crippen molar-refractivity contribution >= 4 is 41.0 Å². The van der Waals surface area contributed by atoms with Crippen molar-refractivity contribution in [1.29, 1.82) is 0 Å². The van der Waals surface area contributed by atoms with Crippen molar-refractivity contribution in [3.05, 3.63) is 93.4 Å². The van der Waals surface area contributed by atoms with Crippen LogP contribution in [0.1, 0.15) is 31.8 Å². The fourth-order valence-electron chi connectivity index (χ4n) is 3.24. The summed E-state index contributed by atoms with van der Waals surface area (Å²) in [6.07, 6.45) is 2.87. The molecule has 0 unspecified atom stereocenters. The molecule has 0 saturated carbocycles. The van der Waals surface area contributed by atoms with E-state index in [2.05, 4.69) is 15.6 Å². The van der Waals surface area contributed by atoms with E-state index in [4.69, 9.17) is 16.3 Å². The fraction of sp³-hybridized carbons (Fsp3) is 0.0833. The highest BCUT2D eigenvalue weighted by Crippen LogP contribution is 2.28. The highest BCUT2D eigenvalue weighted by atomic mass is 35.5. The van der Waals surface area contributed by atoms with Crippen molar-refractivity contribution in [2.75, 3.05) is 12.4 Å². The minimum Gasteiger partial charge on any atom is -0.481 e. The van der Waals surface area contributed by atoms with Gasteiger partial charge in [0.2, 0.25) is 11.7 Å². The quantitative estimate of drug-likeness (QED) is 0.438. The van der Waals surface area contributed by atoms with Crippen LogP contribution in [0.3, 0.4) is 0 Å². The Bertz CT molecular complexity index is 1310. The lowest BCUT2D eigenvalue weighted by atomic mass is 9.93. The van der Waals surface area contributed by atoms with E-state index in [0.29, 0.717) is 17.1 Å². The number of aromatic nitrogens is 1. The van der Waals surface area contributed by atoms with Crippen molar-refractivity contribution in [2.24, 2.45) is 0 Å². The fourth-order valence-corrected chi connectivity index (χ4v) is 3.36. The van der Waals surface area contributed by atoms with Crippen molar-refractivity contribution in [2.45, 2.75) is 6.54 Å². The summed E-state index contributed by atoms with van der Waals surface area (Å²) >= 11 is 5.68. The summed E-state index contributed by atoms with van der Waals surface area (Å²) in [5.41, 5.74) is 1.60. The van der Waals surface area contributed by atoms with E-state index in [0.717, 1.165) is 11.6 Å². The third kappa shape index (κ3) is 4.75. The van der Waals surface area contributed by atoms with Crippen LogP contribution in [0.4, 0.5) is 10.1 Å². The Balaban J connectivity index is 1.55. The summed E-state index contributed by atoms with van der Waals surface area (Å²) < 4.78 is 18.7. The van der Waals surface area contributed by atoms with Crippen LogP contribution in [0.5, 0.6) is 5.88 Å². The predicted octanol–water partition coefficient (Wildman–Crippen LogP) is 4.03. The number of ether oxygens (including phenoxy) is 1. The van der Waals surface area contributed by atoms with Crippen molar-refractivity contribution in [3.63, 3.8) is 0 Å². The molecule has 0 aliphatic carbocycles. The van der Waals surface area contributed by atoms with E-state index in [1.807, 2.05) is 0 Å². The minimum atomic E-state index is -0.666. The Hall–Kier alpha value is -4.04. The first-order valence-electron chi connectivity index (χ1n) is 9.79. The zero-order chi connectivity index (χ0) is 23.5. The molecule has 2 amide bonds. The second kappa shape index (κ2) is 9.22. The second-order valence-electron chi connectivity index (χ2n) is 7.17. The topological polar surface area (TPSA) is 97.4 Å². The van der Waals surface area contributed by atoms with Gasteiger partial charge in [0.1, 0.15) is 5.82 Å². The lowest BCUT2D eigenvalue weighted by Crippen LogP contribution is -2.28. The van der Waals surface area contributed by atoms with Gasteiger partial charge in [0.15, 0.2) is 0 Å². The summed E-state index contributed by atoms with van der Waals surface area (Å²) in [7, 11) is 1.51. The van der Waals surface area contributed by atoms with E-state index in [1.165, 1.54) is 43.5 Å². The van der Waals surface area contributed by atoms with Crippen molar-refractivity contribution in [3.8, 4) is 5.88 Å². The number of carbonyl (C=O) groups is 3. The maximum absolute atomic E-state index is 13.7. The Morgan fingerprint density at radius 3 is 2.70 bits per heavy atom. The number of hydrogen-bond donors (Lipinski definition) is 2. The average Bonchev–Trinajstić information content (AvgIpc) is 2.82. The third-order valence-corrected chi connectivity index (χ3v) is 5.28. The SMILES string of the molecule is COc1ccc(CNC(=O)c2ccc3c(c2)C(=O)/C(=C/c2ccc(Cl)c(F)c2)C(=O)N3)cn1. The molecular weight excluding hydrogens is 449 g/mol. The Morgan fingerprint density at radius 2 is 2.00 bits per heavy atom. The molecule has 2 aromatic carbocycles. The maximum atomic E-state index is 13.7. The van der Waals surface area contributed by atoms with Crippen LogP contribution in [-0.4, -0.2) is 29.7 Å². The highest BCUT2D eigenvalue weighted by Gasteiger charge is 2.29. The van der Waals surface area contributed by atoms with E-state index in [-0.39, 0.29) is 28.3 Å².